The molecule has 2 fully saturated rings. The molecule has 0 aromatic carbocycles. The molecule has 13 heavy (non-hydrogen) atoms. The smallest absolute Gasteiger partial charge is 0.226 e. The molecule has 0 aliphatic carbocycles. The van der Waals surface area contributed by atoms with Crippen molar-refractivity contribution in [3.63, 3.8) is 0 Å². The number of carbonyl (C=O) groups excluding carboxylic acids is 1. The van der Waals surface area contributed by atoms with E-state index < -0.39 is 0 Å². The van der Waals surface area contributed by atoms with E-state index in [0.29, 0.717) is 0 Å². The zero-order chi connectivity index (χ0) is 9.53. The Kier molecular flexibility index (Phi) is 1.88. The Morgan fingerprint density at radius 2 is 1.85 bits per heavy atom. The molecule has 1 amide bonds. The average Bonchev–Trinajstić information content (AvgIpc) is 2.23. The van der Waals surface area contributed by atoms with Gasteiger partial charge in [-0.25, -0.2) is 0 Å². The van der Waals surface area contributed by atoms with Crippen LogP contribution in [0.4, 0.5) is 0 Å². The highest BCUT2D eigenvalue weighted by Gasteiger charge is 2.50. The Hall–Kier alpha value is -0.570. The molecule has 0 bridgehead atoms. The minimum atomic E-state index is -0.0469. The van der Waals surface area contributed by atoms with Crippen molar-refractivity contribution in [2.75, 3.05) is 13.1 Å². The third-order valence-electron chi connectivity index (χ3n) is 3.27. The van der Waals surface area contributed by atoms with Crippen LogP contribution >= 0.6 is 0 Å². The van der Waals surface area contributed by atoms with Crippen molar-refractivity contribution < 1.29 is 4.79 Å². The molecule has 2 aliphatic heterocycles. The van der Waals surface area contributed by atoms with E-state index in [-0.39, 0.29) is 16.9 Å². The first-order valence-corrected chi connectivity index (χ1v) is 5.08. The van der Waals surface area contributed by atoms with Gasteiger partial charge in [0, 0.05) is 5.54 Å². The number of carbonyl (C=O) groups is 1. The lowest BCUT2D eigenvalue weighted by atomic mass is 9.74. The maximum absolute atomic E-state index is 11.8. The van der Waals surface area contributed by atoms with Crippen molar-refractivity contribution in [2.45, 2.75) is 38.6 Å². The molecule has 0 aromatic heterocycles. The molecule has 2 rings (SSSR count). The maximum atomic E-state index is 11.8. The molecule has 0 atom stereocenters. The quantitative estimate of drug-likeness (QED) is 0.577. The first-order valence-electron chi connectivity index (χ1n) is 5.08. The third-order valence-corrected chi connectivity index (χ3v) is 3.27. The van der Waals surface area contributed by atoms with Crippen molar-refractivity contribution in [2.24, 2.45) is 5.41 Å². The second kappa shape index (κ2) is 2.71. The molecule has 3 heteroatoms. The number of hydrogen-bond donors (Lipinski definition) is 2. The summed E-state index contributed by atoms with van der Waals surface area (Å²) in [6.07, 6.45) is 3.00. The van der Waals surface area contributed by atoms with Gasteiger partial charge in [0.15, 0.2) is 0 Å². The standard InChI is InChI=1S/C10H18N2O/c1-9(2)7-10(8(13)12-9)3-5-11-6-4-10/h11H,3-7H2,1-2H3,(H,12,13). The number of hydrogen-bond acceptors (Lipinski definition) is 2. The van der Waals surface area contributed by atoms with Crippen LogP contribution in [0.2, 0.25) is 0 Å². The van der Waals surface area contributed by atoms with Crippen molar-refractivity contribution in [3.8, 4) is 0 Å². The minimum absolute atomic E-state index is 0.00836. The summed E-state index contributed by atoms with van der Waals surface area (Å²) in [5.41, 5.74) is -0.0385. The lowest BCUT2D eigenvalue weighted by Gasteiger charge is -2.31. The van der Waals surface area contributed by atoms with Gasteiger partial charge in [-0.05, 0) is 46.2 Å². The van der Waals surface area contributed by atoms with Crippen LogP contribution in [0.1, 0.15) is 33.1 Å². The van der Waals surface area contributed by atoms with Crippen molar-refractivity contribution in [1.29, 1.82) is 0 Å². The molecule has 2 aliphatic rings. The SMILES string of the molecule is CC1(C)CC2(CCNCC2)C(=O)N1. The summed E-state index contributed by atoms with van der Waals surface area (Å²) in [5.74, 6) is 0.277. The lowest BCUT2D eigenvalue weighted by molar-refractivity contribution is -0.129. The topological polar surface area (TPSA) is 41.1 Å². The van der Waals surface area contributed by atoms with Crippen LogP contribution in [0.15, 0.2) is 0 Å². The fraction of sp³-hybridized carbons (Fsp3) is 0.900. The Balaban J connectivity index is 2.18. The van der Waals surface area contributed by atoms with Crippen LogP contribution in [-0.4, -0.2) is 24.5 Å². The van der Waals surface area contributed by atoms with Crippen LogP contribution in [0, 0.1) is 5.41 Å². The molecule has 2 saturated heterocycles. The third kappa shape index (κ3) is 1.46. The first-order chi connectivity index (χ1) is 6.04. The molecule has 2 N–H and O–H groups in total. The Labute approximate surface area is 79.3 Å². The Morgan fingerprint density at radius 1 is 1.23 bits per heavy atom. The first kappa shape index (κ1) is 9.00. The monoisotopic (exact) mass is 182 g/mol. The van der Waals surface area contributed by atoms with Crippen LogP contribution < -0.4 is 10.6 Å². The highest BCUT2D eigenvalue weighted by molar-refractivity contribution is 5.86. The Bertz CT molecular complexity index is 229. The number of nitrogens with one attached hydrogen (secondary N) is 2. The van der Waals surface area contributed by atoms with Crippen molar-refractivity contribution in [3.05, 3.63) is 0 Å². The largest absolute Gasteiger partial charge is 0.351 e. The van der Waals surface area contributed by atoms with E-state index in [4.69, 9.17) is 0 Å². The predicted molar refractivity (Wildman–Crippen MR) is 51.4 cm³/mol. The molecule has 0 radical (unpaired) electrons. The van der Waals surface area contributed by atoms with Crippen LogP contribution in [0.3, 0.4) is 0 Å². The molecule has 0 saturated carbocycles. The predicted octanol–water partition coefficient (Wildman–Crippen LogP) is 0.655. The lowest BCUT2D eigenvalue weighted by Crippen LogP contribution is -2.41. The van der Waals surface area contributed by atoms with E-state index >= 15 is 0 Å². The van der Waals surface area contributed by atoms with Crippen LogP contribution in [0.25, 0.3) is 0 Å². The van der Waals surface area contributed by atoms with Gasteiger partial charge in [0.2, 0.25) is 5.91 Å². The highest BCUT2D eigenvalue weighted by Crippen LogP contribution is 2.42. The van der Waals surface area contributed by atoms with Gasteiger partial charge in [0.05, 0.1) is 5.41 Å². The number of rotatable bonds is 0. The fourth-order valence-electron chi connectivity index (χ4n) is 2.72. The van der Waals surface area contributed by atoms with Gasteiger partial charge >= 0.3 is 0 Å². The van der Waals surface area contributed by atoms with Gasteiger partial charge in [-0.15, -0.1) is 0 Å². The van der Waals surface area contributed by atoms with Gasteiger partial charge in [-0.1, -0.05) is 0 Å². The van der Waals surface area contributed by atoms with Gasteiger partial charge in [-0.3, -0.25) is 4.79 Å². The average molecular weight is 182 g/mol. The second-order valence-electron chi connectivity index (χ2n) is 5.05. The molecule has 1 spiro atoms. The summed E-state index contributed by atoms with van der Waals surface area (Å²) in [6, 6.07) is 0. The molecule has 2 heterocycles. The summed E-state index contributed by atoms with van der Waals surface area (Å²) in [4.78, 5) is 11.8. The number of piperidine rings is 1. The van der Waals surface area contributed by atoms with E-state index in [0.717, 1.165) is 32.4 Å². The van der Waals surface area contributed by atoms with E-state index in [1.54, 1.807) is 0 Å². The number of amides is 1. The molecule has 74 valence electrons. The highest BCUT2D eigenvalue weighted by atomic mass is 16.2. The zero-order valence-electron chi connectivity index (χ0n) is 8.44. The van der Waals surface area contributed by atoms with Gasteiger partial charge in [-0.2, -0.15) is 0 Å². The van der Waals surface area contributed by atoms with Gasteiger partial charge < -0.3 is 10.6 Å². The van der Waals surface area contributed by atoms with Crippen LogP contribution in [0.5, 0.6) is 0 Å². The van der Waals surface area contributed by atoms with Crippen molar-refractivity contribution in [1.82, 2.24) is 10.6 Å². The summed E-state index contributed by atoms with van der Waals surface area (Å²) < 4.78 is 0. The van der Waals surface area contributed by atoms with Crippen molar-refractivity contribution >= 4 is 5.91 Å². The maximum Gasteiger partial charge on any atom is 0.226 e. The molecular weight excluding hydrogens is 164 g/mol. The van der Waals surface area contributed by atoms with Gasteiger partial charge in [0.1, 0.15) is 0 Å². The summed E-state index contributed by atoms with van der Waals surface area (Å²) >= 11 is 0. The fourth-order valence-corrected chi connectivity index (χ4v) is 2.72. The van der Waals surface area contributed by atoms with E-state index in [1.165, 1.54) is 0 Å². The molecular formula is C10H18N2O. The molecule has 3 nitrogen and oxygen atoms in total. The minimum Gasteiger partial charge on any atom is -0.351 e. The van der Waals surface area contributed by atoms with E-state index in [9.17, 15) is 4.79 Å². The molecule has 0 aromatic rings. The normalized spacial score (nSPS) is 30.5. The van der Waals surface area contributed by atoms with E-state index in [1.807, 2.05) is 0 Å². The Morgan fingerprint density at radius 3 is 2.31 bits per heavy atom. The summed E-state index contributed by atoms with van der Waals surface area (Å²) in [5, 5.41) is 6.39. The summed E-state index contributed by atoms with van der Waals surface area (Å²) in [7, 11) is 0. The second-order valence-corrected chi connectivity index (χ2v) is 5.05. The van der Waals surface area contributed by atoms with E-state index in [2.05, 4.69) is 24.5 Å². The zero-order valence-corrected chi connectivity index (χ0v) is 8.44. The molecule has 0 unspecified atom stereocenters. The van der Waals surface area contributed by atoms with Crippen LogP contribution in [-0.2, 0) is 4.79 Å². The van der Waals surface area contributed by atoms with Gasteiger partial charge in [0.25, 0.3) is 0 Å². The summed E-state index contributed by atoms with van der Waals surface area (Å²) in [6.45, 7) is 6.20.